The first-order chi connectivity index (χ1) is 12.7. The van der Waals surface area contributed by atoms with Crippen LogP contribution in [-0.4, -0.2) is 15.9 Å². The van der Waals surface area contributed by atoms with Crippen LogP contribution in [0.15, 0.2) is 66.0 Å². The van der Waals surface area contributed by atoms with Gasteiger partial charge < -0.3 is 5.32 Å². The van der Waals surface area contributed by atoms with Crippen molar-refractivity contribution in [1.82, 2.24) is 15.3 Å². The van der Waals surface area contributed by atoms with Crippen LogP contribution in [0.2, 0.25) is 0 Å². The lowest BCUT2D eigenvalue weighted by atomic mass is 10.1. The van der Waals surface area contributed by atoms with Gasteiger partial charge in [-0.05, 0) is 19.1 Å². The van der Waals surface area contributed by atoms with E-state index >= 15 is 0 Å². The van der Waals surface area contributed by atoms with Crippen LogP contribution in [0, 0.1) is 6.92 Å². The van der Waals surface area contributed by atoms with Gasteiger partial charge in [0.25, 0.3) is 5.91 Å². The van der Waals surface area contributed by atoms with E-state index in [2.05, 4.69) is 15.3 Å². The second-order valence-corrected chi connectivity index (χ2v) is 6.86. The van der Waals surface area contributed by atoms with E-state index in [1.165, 1.54) is 0 Å². The summed E-state index contributed by atoms with van der Waals surface area (Å²) in [6.45, 7) is 2.26. The van der Waals surface area contributed by atoms with Crippen molar-refractivity contribution in [3.8, 4) is 10.6 Å². The van der Waals surface area contributed by atoms with E-state index in [9.17, 15) is 4.79 Å². The van der Waals surface area contributed by atoms with Crippen LogP contribution in [0.4, 0.5) is 0 Å². The molecule has 0 aliphatic heterocycles. The van der Waals surface area contributed by atoms with Gasteiger partial charge in [0.15, 0.2) is 0 Å². The molecule has 0 atom stereocenters. The Kier molecular flexibility index (Phi) is 4.46. The Balaban J connectivity index is 1.49. The van der Waals surface area contributed by atoms with Crippen molar-refractivity contribution >= 4 is 28.1 Å². The fourth-order valence-corrected chi connectivity index (χ4v) is 3.64. The fraction of sp³-hybridized carbons (Fsp3) is 0.0952. The number of amides is 1. The van der Waals surface area contributed by atoms with E-state index in [0.717, 1.165) is 32.9 Å². The molecule has 0 unspecified atom stereocenters. The molecule has 1 N–H and O–H groups in total. The molecule has 2 aromatic heterocycles. The Morgan fingerprint density at radius 2 is 1.81 bits per heavy atom. The van der Waals surface area contributed by atoms with E-state index in [-0.39, 0.29) is 5.91 Å². The molecule has 0 aliphatic rings. The molecule has 4 rings (SSSR count). The van der Waals surface area contributed by atoms with Crippen LogP contribution in [0.1, 0.15) is 21.7 Å². The van der Waals surface area contributed by atoms with Gasteiger partial charge in [-0.2, -0.15) is 0 Å². The lowest BCUT2D eigenvalue weighted by molar-refractivity contribution is 0.0949. The molecule has 0 bridgehead atoms. The molecular weight excluding hydrogens is 342 g/mol. The Hall–Kier alpha value is -3.05. The number of carbonyl (C=O) groups excluding carboxylic acids is 1. The molecule has 1 amide bonds. The number of nitrogens with zero attached hydrogens (tertiary/aromatic N) is 2. The topological polar surface area (TPSA) is 54.9 Å². The van der Waals surface area contributed by atoms with Crippen molar-refractivity contribution in [1.29, 1.82) is 0 Å². The van der Waals surface area contributed by atoms with Gasteiger partial charge in [0.2, 0.25) is 0 Å². The molecule has 0 fully saturated rings. The summed E-state index contributed by atoms with van der Waals surface area (Å²) in [4.78, 5) is 21.7. The van der Waals surface area contributed by atoms with E-state index in [1.54, 1.807) is 11.3 Å². The van der Waals surface area contributed by atoms with Crippen LogP contribution in [0.3, 0.4) is 0 Å². The van der Waals surface area contributed by atoms with Crippen molar-refractivity contribution < 1.29 is 4.79 Å². The molecule has 2 heterocycles. The van der Waals surface area contributed by atoms with Crippen LogP contribution in [0.5, 0.6) is 0 Å². The third kappa shape index (κ3) is 3.34. The van der Waals surface area contributed by atoms with Gasteiger partial charge in [-0.3, -0.25) is 9.78 Å². The minimum Gasteiger partial charge on any atom is -0.346 e. The van der Waals surface area contributed by atoms with E-state index in [1.807, 2.05) is 73.0 Å². The zero-order valence-electron chi connectivity index (χ0n) is 14.3. The van der Waals surface area contributed by atoms with Crippen LogP contribution >= 0.6 is 11.3 Å². The largest absolute Gasteiger partial charge is 0.346 e. The molecule has 0 aliphatic carbocycles. The minimum atomic E-state index is -0.130. The molecular formula is C21H17N3OS. The Morgan fingerprint density at radius 1 is 1.04 bits per heavy atom. The predicted molar refractivity (Wildman–Crippen MR) is 105 cm³/mol. The third-order valence-corrected chi connectivity index (χ3v) is 5.10. The van der Waals surface area contributed by atoms with E-state index in [0.29, 0.717) is 12.1 Å². The van der Waals surface area contributed by atoms with Gasteiger partial charge >= 0.3 is 0 Å². The number of para-hydroxylation sites is 1. The smallest absolute Gasteiger partial charge is 0.253 e. The lowest BCUT2D eigenvalue weighted by Crippen LogP contribution is -2.24. The van der Waals surface area contributed by atoms with E-state index < -0.39 is 0 Å². The fourth-order valence-electron chi connectivity index (χ4n) is 2.81. The van der Waals surface area contributed by atoms with Crippen molar-refractivity contribution in [2.45, 2.75) is 13.5 Å². The number of carbonyl (C=O) groups is 1. The number of pyridine rings is 1. The van der Waals surface area contributed by atoms with Crippen molar-refractivity contribution in [2.24, 2.45) is 0 Å². The monoisotopic (exact) mass is 359 g/mol. The maximum Gasteiger partial charge on any atom is 0.253 e. The molecule has 4 nitrogen and oxygen atoms in total. The highest BCUT2D eigenvalue weighted by Gasteiger charge is 2.12. The van der Waals surface area contributed by atoms with Crippen LogP contribution < -0.4 is 5.32 Å². The van der Waals surface area contributed by atoms with Crippen molar-refractivity contribution in [2.75, 3.05) is 0 Å². The number of rotatable bonds is 4. The summed E-state index contributed by atoms with van der Waals surface area (Å²) in [5.41, 5.74) is 4.17. The van der Waals surface area contributed by atoms with Crippen LogP contribution in [0.25, 0.3) is 21.5 Å². The summed E-state index contributed by atoms with van der Waals surface area (Å²) in [5, 5.41) is 6.85. The number of hydrogen-bond donors (Lipinski definition) is 1. The summed E-state index contributed by atoms with van der Waals surface area (Å²) < 4.78 is 0. The van der Waals surface area contributed by atoms with E-state index in [4.69, 9.17) is 0 Å². The highest BCUT2D eigenvalue weighted by molar-refractivity contribution is 7.13. The molecule has 4 aromatic rings. The number of benzene rings is 2. The Labute approximate surface area is 155 Å². The highest BCUT2D eigenvalue weighted by Crippen LogP contribution is 2.23. The molecule has 128 valence electrons. The molecule has 0 radical (unpaired) electrons. The summed E-state index contributed by atoms with van der Waals surface area (Å²) in [6, 6.07) is 19.7. The molecule has 0 saturated heterocycles. The average Bonchev–Trinajstić information content (AvgIpc) is 3.15. The Morgan fingerprint density at radius 3 is 2.65 bits per heavy atom. The number of fused-ring (bicyclic) bond motifs is 1. The van der Waals surface area contributed by atoms with Gasteiger partial charge in [-0.1, -0.05) is 48.5 Å². The first-order valence-corrected chi connectivity index (χ1v) is 9.23. The summed E-state index contributed by atoms with van der Waals surface area (Å²) in [6.07, 6.45) is 0. The average molecular weight is 359 g/mol. The molecule has 0 saturated carbocycles. The number of hydrogen-bond acceptors (Lipinski definition) is 4. The zero-order chi connectivity index (χ0) is 17.9. The Bertz CT molecular complexity index is 1070. The van der Waals surface area contributed by atoms with Gasteiger partial charge in [-0.25, -0.2) is 4.98 Å². The quantitative estimate of drug-likeness (QED) is 0.579. The number of nitrogens with one attached hydrogen (secondary N) is 1. The number of aromatic nitrogens is 2. The molecule has 2 aromatic carbocycles. The number of thiazole rings is 1. The predicted octanol–water partition coefficient (Wildman–Crippen LogP) is 4.60. The zero-order valence-corrected chi connectivity index (χ0v) is 15.1. The SMILES string of the molecule is Cc1nc2ccccc2cc1C(=O)NCc1csc(-c2ccccc2)n1. The maximum atomic E-state index is 12.6. The normalized spacial score (nSPS) is 10.8. The van der Waals surface area contributed by atoms with Gasteiger partial charge in [-0.15, -0.1) is 11.3 Å². The van der Waals surface area contributed by atoms with Gasteiger partial charge in [0, 0.05) is 16.3 Å². The van der Waals surface area contributed by atoms with Crippen molar-refractivity contribution in [3.05, 3.63) is 83.0 Å². The highest BCUT2D eigenvalue weighted by atomic mass is 32.1. The van der Waals surface area contributed by atoms with Gasteiger partial charge in [0.1, 0.15) is 5.01 Å². The molecule has 26 heavy (non-hydrogen) atoms. The van der Waals surface area contributed by atoms with Crippen molar-refractivity contribution in [3.63, 3.8) is 0 Å². The molecule has 5 heteroatoms. The summed E-state index contributed by atoms with van der Waals surface area (Å²) in [5.74, 6) is -0.130. The maximum absolute atomic E-state index is 12.6. The molecule has 0 spiro atoms. The standard InChI is InChI=1S/C21H17N3OS/c1-14-18(11-16-9-5-6-10-19(16)23-14)20(25)22-12-17-13-26-21(24-17)15-7-3-2-4-8-15/h2-11,13H,12H2,1H3,(H,22,25). The number of aryl methyl sites for hydroxylation is 1. The third-order valence-electron chi connectivity index (χ3n) is 4.16. The van der Waals surface area contributed by atoms with Crippen LogP contribution in [-0.2, 0) is 6.54 Å². The summed E-state index contributed by atoms with van der Waals surface area (Å²) in [7, 11) is 0. The van der Waals surface area contributed by atoms with Gasteiger partial charge in [0.05, 0.1) is 29.0 Å². The minimum absolute atomic E-state index is 0.130. The second-order valence-electron chi connectivity index (χ2n) is 6.01. The lowest BCUT2D eigenvalue weighted by Gasteiger charge is -2.08. The summed E-state index contributed by atoms with van der Waals surface area (Å²) >= 11 is 1.58. The first-order valence-electron chi connectivity index (χ1n) is 8.35. The first kappa shape index (κ1) is 16.4. The second kappa shape index (κ2) is 7.06.